The van der Waals surface area contributed by atoms with Crippen LogP contribution in [-0.2, 0) is 19.6 Å². The lowest BCUT2D eigenvalue weighted by Gasteiger charge is -2.35. The molecular weight excluding hydrogens is 414 g/mol. The van der Waals surface area contributed by atoms with Crippen molar-refractivity contribution in [3.8, 4) is 0 Å². The van der Waals surface area contributed by atoms with Crippen molar-refractivity contribution in [1.82, 2.24) is 9.62 Å². The van der Waals surface area contributed by atoms with Crippen LogP contribution in [0.15, 0.2) is 29.2 Å². The van der Waals surface area contributed by atoms with Crippen LogP contribution in [0.25, 0.3) is 0 Å². The first-order valence-electron chi connectivity index (χ1n) is 10.1. The number of rotatable bonds is 6. The summed E-state index contributed by atoms with van der Waals surface area (Å²) in [5.74, 6) is -0.0267. The number of primary amides is 1. The molecule has 1 aliphatic heterocycles. The van der Waals surface area contributed by atoms with Crippen molar-refractivity contribution in [2.45, 2.75) is 43.4 Å². The second-order valence-electron chi connectivity index (χ2n) is 8.03. The Hall–Kier alpha value is -1.64. The molecule has 2 aliphatic rings. The minimum Gasteiger partial charge on any atom is -0.369 e. The van der Waals surface area contributed by atoms with Crippen LogP contribution in [0.4, 0.5) is 0 Å². The minimum absolute atomic E-state index is 0.00995. The molecule has 0 atom stereocenters. The fourth-order valence-corrected chi connectivity index (χ4v) is 5.42. The molecule has 0 unspecified atom stereocenters. The highest BCUT2D eigenvalue weighted by Gasteiger charge is 2.32. The number of likely N-dealkylation sites (tertiary alicyclic amines) is 1. The van der Waals surface area contributed by atoms with Crippen LogP contribution >= 0.6 is 11.6 Å². The Morgan fingerprint density at radius 2 is 1.59 bits per heavy atom. The molecular formula is C20H28ClN3O4S. The molecule has 0 spiro atoms. The van der Waals surface area contributed by atoms with Crippen molar-refractivity contribution in [2.75, 3.05) is 19.6 Å². The quantitative estimate of drug-likeness (QED) is 0.704. The summed E-state index contributed by atoms with van der Waals surface area (Å²) < 4.78 is 27.5. The number of nitrogens with two attached hydrogens (primary N) is 1. The number of piperidine rings is 1. The molecule has 29 heavy (non-hydrogen) atoms. The van der Waals surface area contributed by atoms with Crippen LogP contribution in [0.5, 0.6) is 0 Å². The monoisotopic (exact) mass is 441 g/mol. The number of hydrogen-bond donors (Lipinski definition) is 2. The van der Waals surface area contributed by atoms with Gasteiger partial charge in [-0.1, -0.05) is 11.6 Å². The molecule has 1 aromatic carbocycles. The zero-order valence-electron chi connectivity index (χ0n) is 16.3. The van der Waals surface area contributed by atoms with E-state index < -0.39 is 10.0 Å². The summed E-state index contributed by atoms with van der Waals surface area (Å²) >= 11 is 5.81. The third kappa shape index (κ3) is 5.71. The Morgan fingerprint density at radius 1 is 1.00 bits per heavy atom. The lowest BCUT2D eigenvalue weighted by molar-refractivity contribution is -0.139. The molecule has 2 amide bonds. The van der Waals surface area contributed by atoms with Crippen molar-refractivity contribution in [2.24, 2.45) is 23.5 Å². The average molecular weight is 442 g/mol. The van der Waals surface area contributed by atoms with E-state index in [0.717, 1.165) is 25.7 Å². The third-order valence-corrected chi connectivity index (χ3v) is 7.78. The van der Waals surface area contributed by atoms with Gasteiger partial charge in [-0.05, 0) is 68.7 Å². The number of carbonyl (C=O) groups is 2. The number of benzene rings is 1. The van der Waals surface area contributed by atoms with E-state index in [9.17, 15) is 18.0 Å². The number of sulfonamides is 1. The van der Waals surface area contributed by atoms with E-state index in [1.54, 1.807) is 12.1 Å². The average Bonchev–Trinajstić information content (AvgIpc) is 2.72. The fraction of sp³-hybridized carbons (Fsp3) is 0.600. The predicted molar refractivity (Wildman–Crippen MR) is 111 cm³/mol. The zero-order chi connectivity index (χ0) is 21.0. The molecule has 160 valence electrons. The Labute approximate surface area is 177 Å². The Kier molecular flexibility index (Phi) is 7.19. The molecule has 1 saturated carbocycles. The first kappa shape index (κ1) is 22.1. The van der Waals surface area contributed by atoms with Crippen LogP contribution in [0, 0.1) is 17.8 Å². The SMILES string of the molecule is NC(=O)C1CCN(C(=O)C2CCC(CNS(=O)(=O)c3ccc(Cl)cc3)CC2)CC1. The Bertz CT molecular complexity index is 828. The summed E-state index contributed by atoms with van der Waals surface area (Å²) in [4.78, 5) is 26.1. The zero-order valence-corrected chi connectivity index (χ0v) is 17.9. The molecule has 0 radical (unpaired) electrons. The standard InChI is InChI=1S/C20H28ClN3O4S/c21-17-5-7-18(8-6-17)29(27,28)23-13-14-1-3-16(4-2-14)20(26)24-11-9-15(10-12-24)19(22)25/h5-8,14-16,23H,1-4,9-13H2,(H2,22,25). The molecule has 2 fully saturated rings. The highest BCUT2D eigenvalue weighted by molar-refractivity contribution is 7.89. The molecule has 1 saturated heterocycles. The summed E-state index contributed by atoms with van der Waals surface area (Å²) in [6.45, 7) is 1.55. The second-order valence-corrected chi connectivity index (χ2v) is 10.2. The molecule has 1 heterocycles. The lowest BCUT2D eigenvalue weighted by atomic mass is 9.81. The van der Waals surface area contributed by atoms with Crippen LogP contribution in [0.2, 0.25) is 5.02 Å². The van der Waals surface area contributed by atoms with E-state index in [2.05, 4.69) is 4.72 Å². The van der Waals surface area contributed by atoms with Gasteiger partial charge in [0.05, 0.1) is 4.90 Å². The van der Waals surface area contributed by atoms with Crippen molar-refractivity contribution < 1.29 is 18.0 Å². The molecule has 1 aromatic rings. The van der Waals surface area contributed by atoms with Crippen molar-refractivity contribution in [3.05, 3.63) is 29.3 Å². The van der Waals surface area contributed by atoms with Gasteiger partial charge in [0.1, 0.15) is 0 Å². The minimum atomic E-state index is -3.56. The van der Waals surface area contributed by atoms with Gasteiger partial charge in [0.15, 0.2) is 0 Å². The highest BCUT2D eigenvalue weighted by atomic mass is 35.5. The van der Waals surface area contributed by atoms with Gasteiger partial charge in [-0.15, -0.1) is 0 Å². The van der Waals surface area contributed by atoms with Crippen LogP contribution in [0.3, 0.4) is 0 Å². The van der Waals surface area contributed by atoms with Crippen molar-refractivity contribution in [3.63, 3.8) is 0 Å². The van der Waals surface area contributed by atoms with Gasteiger partial charge in [-0.3, -0.25) is 9.59 Å². The summed E-state index contributed by atoms with van der Waals surface area (Å²) in [6, 6.07) is 6.08. The molecule has 1 aliphatic carbocycles. The van der Waals surface area contributed by atoms with E-state index in [0.29, 0.717) is 37.5 Å². The summed E-state index contributed by atoms with van der Waals surface area (Å²) in [6.07, 6.45) is 4.45. The van der Waals surface area contributed by atoms with Gasteiger partial charge < -0.3 is 10.6 Å². The van der Waals surface area contributed by atoms with Gasteiger partial charge >= 0.3 is 0 Å². The second kappa shape index (κ2) is 9.45. The summed E-state index contributed by atoms with van der Waals surface area (Å²) in [5.41, 5.74) is 5.35. The molecule has 0 bridgehead atoms. The predicted octanol–water partition coefficient (Wildman–Crippen LogP) is 2.15. The maximum atomic E-state index is 12.8. The van der Waals surface area contributed by atoms with E-state index in [4.69, 9.17) is 17.3 Å². The maximum absolute atomic E-state index is 12.8. The fourth-order valence-electron chi connectivity index (χ4n) is 4.18. The van der Waals surface area contributed by atoms with Gasteiger partial charge in [0.25, 0.3) is 0 Å². The molecule has 9 heteroatoms. The smallest absolute Gasteiger partial charge is 0.240 e. The number of halogens is 1. The first-order valence-corrected chi connectivity index (χ1v) is 12.0. The number of hydrogen-bond acceptors (Lipinski definition) is 4. The van der Waals surface area contributed by atoms with Crippen molar-refractivity contribution >= 4 is 33.4 Å². The third-order valence-electron chi connectivity index (χ3n) is 6.09. The van der Waals surface area contributed by atoms with Crippen LogP contribution < -0.4 is 10.5 Å². The normalized spacial score (nSPS) is 23.7. The number of carbonyl (C=O) groups excluding carboxylic acids is 2. The highest BCUT2D eigenvalue weighted by Crippen LogP contribution is 2.31. The largest absolute Gasteiger partial charge is 0.369 e. The van der Waals surface area contributed by atoms with Crippen LogP contribution in [0.1, 0.15) is 38.5 Å². The summed E-state index contributed by atoms with van der Waals surface area (Å²) in [7, 11) is -3.56. The Morgan fingerprint density at radius 3 is 2.14 bits per heavy atom. The topological polar surface area (TPSA) is 110 Å². The summed E-state index contributed by atoms with van der Waals surface area (Å²) in [5, 5.41) is 0.491. The van der Waals surface area contributed by atoms with Gasteiger partial charge in [-0.2, -0.15) is 0 Å². The van der Waals surface area contributed by atoms with Crippen molar-refractivity contribution in [1.29, 1.82) is 0 Å². The van der Waals surface area contributed by atoms with Gasteiger partial charge in [0, 0.05) is 36.5 Å². The number of amides is 2. The molecule has 0 aromatic heterocycles. The van der Waals surface area contributed by atoms with E-state index in [1.165, 1.54) is 12.1 Å². The van der Waals surface area contributed by atoms with E-state index >= 15 is 0 Å². The number of nitrogens with one attached hydrogen (secondary N) is 1. The first-order chi connectivity index (χ1) is 13.8. The number of nitrogens with zero attached hydrogens (tertiary/aromatic N) is 1. The van der Waals surface area contributed by atoms with Gasteiger partial charge in [0.2, 0.25) is 21.8 Å². The lowest BCUT2D eigenvalue weighted by Crippen LogP contribution is -2.45. The molecule has 3 N–H and O–H groups in total. The van der Waals surface area contributed by atoms with E-state index in [-0.39, 0.29) is 34.5 Å². The maximum Gasteiger partial charge on any atom is 0.240 e. The molecule has 7 nitrogen and oxygen atoms in total. The molecule has 3 rings (SSSR count). The van der Waals surface area contributed by atoms with Crippen LogP contribution in [-0.4, -0.2) is 44.8 Å². The van der Waals surface area contributed by atoms with E-state index in [1.807, 2.05) is 4.90 Å². The Balaban J connectivity index is 1.44. The van der Waals surface area contributed by atoms with Gasteiger partial charge in [-0.25, -0.2) is 13.1 Å².